The summed E-state index contributed by atoms with van der Waals surface area (Å²) in [6.45, 7) is 0. The van der Waals surface area contributed by atoms with Gasteiger partial charge >= 0.3 is 0 Å². The Hall–Kier alpha value is -1.65. The molecule has 1 heterocycles. The number of nitrogens with zero attached hydrogens (tertiary/aromatic N) is 3. The van der Waals surface area contributed by atoms with E-state index in [1.807, 2.05) is 66.7 Å². The fourth-order valence-corrected chi connectivity index (χ4v) is 2.62. The zero-order chi connectivity index (χ0) is 18.5. The van der Waals surface area contributed by atoms with Gasteiger partial charge in [0.05, 0.1) is 0 Å². The van der Waals surface area contributed by atoms with Crippen molar-refractivity contribution in [2.75, 3.05) is 0 Å². The first-order valence-corrected chi connectivity index (χ1v) is 9.43. The van der Waals surface area contributed by atoms with Crippen molar-refractivity contribution in [1.82, 2.24) is 15.0 Å². The summed E-state index contributed by atoms with van der Waals surface area (Å²) in [7, 11) is 0. The molecule has 0 amide bonds. The van der Waals surface area contributed by atoms with Crippen LogP contribution < -0.4 is 0 Å². The maximum absolute atomic E-state index is 5.88. The second-order valence-electron chi connectivity index (χ2n) is 5.34. The number of hydrogen-bond donors (Lipinski definition) is 0. The normalized spacial score (nSPS) is 11.6. The van der Waals surface area contributed by atoms with Crippen molar-refractivity contribution in [3.63, 3.8) is 0 Å². The molecule has 0 spiro atoms. The Morgan fingerprint density at radius 2 is 1.12 bits per heavy atom. The molecule has 2 aromatic carbocycles. The zero-order valence-corrected chi connectivity index (χ0v) is 16.4. The predicted octanol–water partition coefficient (Wildman–Crippen LogP) is 6.66. The smallest absolute Gasteiger partial charge is 0.167 e. The van der Waals surface area contributed by atoms with E-state index in [4.69, 9.17) is 46.4 Å². The standard InChI is InChI=1S/C19H13Cl4N3/c20-15(21)18-24-17(25-19(26-18)16(22)23)14-10-8-13(9-11-14)7-6-12-4-2-1-3-5-12/h1-11,15-16H. The van der Waals surface area contributed by atoms with Crippen LogP contribution in [0, 0.1) is 0 Å². The molecule has 0 unspecified atom stereocenters. The highest BCUT2D eigenvalue weighted by Gasteiger charge is 2.16. The molecule has 0 bridgehead atoms. The first kappa shape index (κ1) is 19.1. The summed E-state index contributed by atoms with van der Waals surface area (Å²) < 4.78 is 0. The van der Waals surface area contributed by atoms with Gasteiger partial charge in [0.2, 0.25) is 0 Å². The molecule has 7 heteroatoms. The minimum Gasteiger partial charge on any atom is -0.212 e. The van der Waals surface area contributed by atoms with Gasteiger partial charge in [-0.15, -0.1) is 0 Å². The van der Waals surface area contributed by atoms with E-state index >= 15 is 0 Å². The van der Waals surface area contributed by atoms with E-state index in [2.05, 4.69) is 15.0 Å². The molecular weight excluding hydrogens is 412 g/mol. The molecule has 0 aliphatic carbocycles. The van der Waals surface area contributed by atoms with E-state index in [9.17, 15) is 0 Å². The topological polar surface area (TPSA) is 38.7 Å². The summed E-state index contributed by atoms with van der Waals surface area (Å²) in [5.41, 5.74) is 2.97. The summed E-state index contributed by atoms with van der Waals surface area (Å²) >= 11 is 23.5. The molecule has 0 N–H and O–H groups in total. The Balaban J connectivity index is 1.87. The van der Waals surface area contributed by atoms with E-state index < -0.39 is 9.67 Å². The van der Waals surface area contributed by atoms with Gasteiger partial charge in [-0.25, -0.2) is 15.0 Å². The van der Waals surface area contributed by atoms with E-state index in [1.165, 1.54) is 0 Å². The molecule has 0 atom stereocenters. The SMILES string of the molecule is ClC(Cl)c1nc(-c2ccc(C=Cc3ccccc3)cc2)nc(C(Cl)Cl)n1. The van der Waals surface area contributed by atoms with Gasteiger partial charge in [-0.05, 0) is 11.1 Å². The summed E-state index contributed by atoms with van der Waals surface area (Å²) in [6, 6.07) is 17.8. The minimum absolute atomic E-state index is 0.215. The van der Waals surface area contributed by atoms with Crippen LogP contribution in [0.15, 0.2) is 54.6 Å². The van der Waals surface area contributed by atoms with E-state index in [0.29, 0.717) is 5.82 Å². The first-order chi connectivity index (χ1) is 12.5. The van der Waals surface area contributed by atoms with Gasteiger partial charge in [0, 0.05) is 5.56 Å². The van der Waals surface area contributed by atoms with Crippen molar-refractivity contribution in [2.24, 2.45) is 0 Å². The van der Waals surface area contributed by atoms with Crippen molar-refractivity contribution in [1.29, 1.82) is 0 Å². The summed E-state index contributed by atoms with van der Waals surface area (Å²) in [5.74, 6) is 0.849. The number of halogens is 4. The van der Waals surface area contributed by atoms with Gasteiger partial charge in [0.15, 0.2) is 27.1 Å². The molecule has 3 aromatic rings. The molecule has 0 saturated heterocycles. The molecule has 1 aromatic heterocycles. The van der Waals surface area contributed by atoms with Crippen LogP contribution >= 0.6 is 46.4 Å². The van der Waals surface area contributed by atoms with Crippen molar-refractivity contribution in [2.45, 2.75) is 9.67 Å². The number of alkyl halides is 4. The molecule has 3 nitrogen and oxygen atoms in total. The largest absolute Gasteiger partial charge is 0.212 e. The van der Waals surface area contributed by atoms with Crippen LogP contribution in [0.5, 0.6) is 0 Å². The van der Waals surface area contributed by atoms with Crippen LogP contribution in [-0.2, 0) is 0 Å². The highest BCUT2D eigenvalue weighted by Crippen LogP contribution is 2.28. The van der Waals surface area contributed by atoms with E-state index in [1.54, 1.807) is 0 Å². The van der Waals surface area contributed by atoms with Crippen LogP contribution in [0.4, 0.5) is 0 Å². The second-order valence-corrected chi connectivity index (χ2v) is 7.54. The highest BCUT2D eigenvalue weighted by atomic mass is 35.5. The molecule has 0 radical (unpaired) electrons. The fraction of sp³-hybridized carbons (Fsp3) is 0.105. The van der Waals surface area contributed by atoms with Crippen LogP contribution in [0.3, 0.4) is 0 Å². The Kier molecular flexibility index (Phi) is 6.49. The van der Waals surface area contributed by atoms with Gasteiger partial charge in [0.25, 0.3) is 0 Å². The van der Waals surface area contributed by atoms with Gasteiger partial charge in [-0.1, -0.05) is 113 Å². The molecule has 0 fully saturated rings. The number of benzene rings is 2. The molecule has 26 heavy (non-hydrogen) atoms. The average molecular weight is 425 g/mol. The molecule has 0 aliphatic rings. The minimum atomic E-state index is -0.893. The number of hydrogen-bond acceptors (Lipinski definition) is 3. The van der Waals surface area contributed by atoms with Gasteiger partial charge in [0.1, 0.15) is 0 Å². The van der Waals surface area contributed by atoms with Crippen molar-refractivity contribution in [3.8, 4) is 11.4 Å². The fourth-order valence-electron chi connectivity index (χ4n) is 2.23. The van der Waals surface area contributed by atoms with Crippen LogP contribution in [-0.4, -0.2) is 15.0 Å². The third kappa shape index (κ3) is 4.95. The summed E-state index contributed by atoms with van der Waals surface area (Å²) in [5, 5.41) is 0. The predicted molar refractivity (Wildman–Crippen MR) is 110 cm³/mol. The van der Waals surface area contributed by atoms with Gasteiger partial charge < -0.3 is 0 Å². The summed E-state index contributed by atoms with van der Waals surface area (Å²) in [6.07, 6.45) is 4.08. The monoisotopic (exact) mass is 423 g/mol. The second kappa shape index (κ2) is 8.83. The zero-order valence-electron chi connectivity index (χ0n) is 13.4. The lowest BCUT2D eigenvalue weighted by Gasteiger charge is -2.08. The third-order valence-electron chi connectivity index (χ3n) is 3.50. The average Bonchev–Trinajstić information content (AvgIpc) is 2.67. The Morgan fingerprint density at radius 1 is 0.615 bits per heavy atom. The van der Waals surface area contributed by atoms with E-state index in [0.717, 1.165) is 16.7 Å². The molecular formula is C19H13Cl4N3. The molecule has 0 aliphatic heterocycles. The highest BCUT2D eigenvalue weighted by molar-refractivity contribution is 6.44. The lowest BCUT2D eigenvalue weighted by Crippen LogP contribution is -2.05. The van der Waals surface area contributed by atoms with Crippen molar-refractivity contribution in [3.05, 3.63) is 77.4 Å². The van der Waals surface area contributed by atoms with E-state index in [-0.39, 0.29) is 11.6 Å². The Bertz CT molecular complexity index is 868. The Morgan fingerprint density at radius 3 is 1.62 bits per heavy atom. The molecule has 3 rings (SSSR count). The maximum atomic E-state index is 5.88. The van der Waals surface area contributed by atoms with Crippen molar-refractivity contribution >= 4 is 58.6 Å². The first-order valence-electron chi connectivity index (χ1n) is 7.68. The summed E-state index contributed by atoms with van der Waals surface area (Å²) in [4.78, 5) is 10.9. The Labute approximate surface area is 171 Å². The number of aromatic nitrogens is 3. The van der Waals surface area contributed by atoms with Crippen LogP contribution in [0.25, 0.3) is 23.5 Å². The van der Waals surface area contributed by atoms with Gasteiger partial charge in [-0.2, -0.15) is 0 Å². The quantitative estimate of drug-likeness (QED) is 0.339. The molecule has 0 saturated carbocycles. The molecule has 132 valence electrons. The third-order valence-corrected chi connectivity index (χ3v) is 4.28. The lowest BCUT2D eigenvalue weighted by molar-refractivity contribution is 0.889. The van der Waals surface area contributed by atoms with Crippen LogP contribution in [0.1, 0.15) is 32.4 Å². The van der Waals surface area contributed by atoms with Crippen LogP contribution in [0.2, 0.25) is 0 Å². The maximum Gasteiger partial charge on any atom is 0.167 e. The van der Waals surface area contributed by atoms with Gasteiger partial charge in [-0.3, -0.25) is 0 Å². The number of rotatable bonds is 5. The lowest BCUT2D eigenvalue weighted by atomic mass is 10.1. The van der Waals surface area contributed by atoms with Crippen molar-refractivity contribution < 1.29 is 0 Å².